The maximum atomic E-state index is 10.1. The minimum Gasteiger partial charge on any atom is -0.429 e. The second kappa shape index (κ2) is 3.60. The van der Waals surface area contributed by atoms with E-state index in [4.69, 9.17) is 0 Å². The minimum atomic E-state index is 0.343. The Labute approximate surface area is 78.1 Å². The molecule has 0 aliphatic heterocycles. The zero-order chi connectivity index (χ0) is 9.80. The van der Waals surface area contributed by atoms with E-state index in [1.807, 2.05) is 0 Å². The van der Waals surface area contributed by atoms with Crippen LogP contribution in [0.1, 0.15) is 0 Å². The highest BCUT2D eigenvalue weighted by molar-refractivity contribution is 5.53. The lowest BCUT2D eigenvalue weighted by atomic mass is 10.3. The van der Waals surface area contributed by atoms with Crippen molar-refractivity contribution in [3.8, 4) is 17.3 Å². The lowest BCUT2D eigenvalue weighted by molar-refractivity contribution is -0.120. The number of hydrogen-bond donors (Lipinski definition) is 1. The summed E-state index contributed by atoms with van der Waals surface area (Å²) < 4.78 is 4.64. The number of H-pyrrole nitrogens is 1. The molecule has 0 fully saturated rings. The summed E-state index contributed by atoms with van der Waals surface area (Å²) in [5.74, 6) is 0.733. The van der Waals surface area contributed by atoms with Crippen molar-refractivity contribution < 1.29 is 9.53 Å². The van der Waals surface area contributed by atoms with Crippen LogP contribution < -0.4 is 4.74 Å². The van der Waals surface area contributed by atoms with Crippen LogP contribution in [0.25, 0.3) is 11.5 Å². The number of nitrogens with one attached hydrogen (secondary N) is 1. The zero-order valence-electron chi connectivity index (χ0n) is 6.91. The number of aromatic amines is 1. The van der Waals surface area contributed by atoms with Crippen LogP contribution >= 0.6 is 0 Å². The van der Waals surface area contributed by atoms with Crippen LogP contribution in [0.5, 0.6) is 5.75 Å². The summed E-state index contributed by atoms with van der Waals surface area (Å²) in [6.07, 6.45) is 1.49. The molecule has 70 valence electrons. The summed E-state index contributed by atoms with van der Waals surface area (Å²) in [7, 11) is 0. The molecule has 7 nitrogen and oxygen atoms in total. The molecule has 0 bridgehead atoms. The van der Waals surface area contributed by atoms with E-state index in [0.29, 0.717) is 23.7 Å². The molecule has 14 heavy (non-hydrogen) atoms. The van der Waals surface area contributed by atoms with Gasteiger partial charge in [0.15, 0.2) is 0 Å². The van der Waals surface area contributed by atoms with Crippen LogP contribution in [-0.2, 0) is 4.79 Å². The van der Waals surface area contributed by atoms with Gasteiger partial charge < -0.3 is 4.74 Å². The predicted molar refractivity (Wildman–Crippen MR) is 44.1 cm³/mol. The van der Waals surface area contributed by atoms with Crippen molar-refractivity contribution >= 4 is 6.47 Å². The molecule has 0 saturated carbocycles. The molecule has 7 heteroatoms. The lowest BCUT2D eigenvalue weighted by Crippen LogP contribution is -1.91. The Morgan fingerprint density at radius 2 is 2.43 bits per heavy atom. The van der Waals surface area contributed by atoms with E-state index < -0.39 is 0 Å². The van der Waals surface area contributed by atoms with Crippen molar-refractivity contribution in [2.45, 2.75) is 0 Å². The molecule has 2 aromatic heterocycles. The van der Waals surface area contributed by atoms with Crippen molar-refractivity contribution in [2.24, 2.45) is 0 Å². The van der Waals surface area contributed by atoms with Crippen molar-refractivity contribution in [1.29, 1.82) is 0 Å². The van der Waals surface area contributed by atoms with Crippen LogP contribution in [0.15, 0.2) is 18.3 Å². The first kappa shape index (κ1) is 8.30. The Morgan fingerprint density at radius 3 is 3.14 bits per heavy atom. The quantitative estimate of drug-likeness (QED) is 0.675. The third-order valence-corrected chi connectivity index (χ3v) is 1.49. The number of aromatic nitrogens is 5. The highest BCUT2D eigenvalue weighted by Crippen LogP contribution is 2.16. The first-order chi connectivity index (χ1) is 6.90. The van der Waals surface area contributed by atoms with E-state index in [1.165, 1.54) is 6.20 Å². The number of hydrogen-bond acceptors (Lipinski definition) is 6. The maximum Gasteiger partial charge on any atom is 0.298 e. The van der Waals surface area contributed by atoms with Crippen molar-refractivity contribution in [3.05, 3.63) is 18.3 Å². The highest BCUT2D eigenvalue weighted by atomic mass is 16.5. The standard InChI is InChI=1S/C7H5N5O2/c13-4-14-5-1-2-8-6(3-5)7-9-11-12-10-7/h1-4H,(H,9,10,11,12). The van der Waals surface area contributed by atoms with Gasteiger partial charge in [-0.15, -0.1) is 10.2 Å². The average Bonchev–Trinajstić information content (AvgIpc) is 2.71. The number of carbonyl (C=O) groups is 1. The van der Waals surface area contributed by atoms with Crippen molar-refractivity contribution in [2.75, 3.05) is 0 Å². The van der Waals surface area contributed by atoms with Gasteiger partial charge in [-0.3, -0.25) is 9.78 Å². The molecule has 0 aliphatic rings. The van der Waals surface area contributed by atoms with Gasteiger partial charge in [-0.25, -0.2) is 0 Å². The Balaban J connectivity index is 2.35. The SMILES string of the molecule is O=COc1ccnc(-c2nn[nH]n2)c1. The van der Waals surface area contributed by atoms with Crippen molar-refractivity contribution in [1.82, 2.24) is 25.6 Å². The van der Waals surface area contributed by atoms with Crippen LogP contribution in [0.2, 0.25) is 0 Å². The smallest absolute Gasteiger partial charge is 0.298 e. The second-order valence-corrected chi connectivity index (χ2v) is 2.33. The van der Waals surface area contributed by atoms with E-state index in [9.17, 15) is 4.79 Å². The summed E-state index contributed by atoms with van der Waals surface area (Å²) >= 11 is 0. The number of rotatable bonds is 3. The third-order valence-electron chi connectivity index (χ3n) is 1.49. The summed E-state index contributed by atoms with van der Waals surface area (Å²) in [6, 6.07) is 3.09. The fourth-order valence-corrected chi connectivity index (χ4v) is 0.933. The van der Waals surface area contributed by atoms with Gasteiger partial charge in [0.05, 0.1) is 0 Å². The van der Waals surface area contributed by atoms with E-state index >= 15 is 0 Å². The van der Waals surface area contributed by atoms with Gasteiger partial charge in [-0.2, -0.15) is 5.21 Å². The first-order valence-corrected chi connectivity index (χ1v) is 3.70. The average molecular weight is 191 g/mol. The molecular formula is C7H5N5O2. The van der Waals surface area contributed by atoms with Crippen LogP contribution in [0, 0.1) is 0 Å². The van der Waals surface area contributed by atoms with Gasteiger partial charge in [-0.1, -0.05) is 0 Å². The molecule has 2 aromatic rings. The Bertz CT molecular complexity index is 427. The fraction of sp³-hybridized carbons (Fsp3) is 0. The maximum absolute atomic E-state index is 10.1. The molecular weight excluding hydrogens is 186 g/mol. The first-order valence-electron chi connectivity index (χ1n) is 3.70. The van der Waals surface area contributed by atoms with Crippen LogP contribution in [0.3, 0.4) is 0 Å². The number of tetrazole rings is 1. The van der Waals surface area contributed by atoms with E-state index in [1.54, 1.807) is 12.1 Å². The molecule has 0 radical (unpaired) electrons. The van der Waals surface area contributed by atoms with Gasteiger partial charge in [-0.05, 0) is 11.3 Å². The second-order valence-electron chi connectivity index (χ2n) is 2.33. The fourth-order valence-electron chi connectivity index (χ4n) is 0.933. The molecule has 2 rings (SSSR count). The highest BCUT2D eigenvalue weighted by Gasteiger charge is 2.05. The van der Waals surface area contributed by atoms with Gasteiger partial charge in [0.2, 0.25) is 5.82 Å². The number of nitrogens with zero attached hydrogens (tertiary/aromatic N) is 4. The van der Waals surface area contributed by atoms with Gasteiger partial charge in [0.25, 0.3) is 6.47 Å². The predicted octanol–water partition coefficient (Wildman–Crippen LogP) is -0.203. The number of pyridine rings is 1. The molecule has 0 aromatic carbocycles. The van der Waals surface area contributed by atoms with Gasteiger partial charge >= 0.3 is 0 Å². The van der Waals surface area contributed by atoms with E-state index in [-0.39, 0.29) is 0 Å². The molecule has 2 heterocycles. The molecule has 0 saturated heterocycles. The molecule has 1 N–H and O–H groups in total. The monoisotopic (exact) mass is 191 g/mol. The van der Waals surface area contributed by atoms with E-state index in [0.717, 1.165) is 0 Å². The van der Waals surface area contributed by atoms with Crippen molar-refractivity contribution in [3.63, 3.8) is 0 Å². The van der Waals surface area contributed by atoms with Crippen LogP contribution in [-0.4, -0.2) is 32.1 Å². The Hall–Kier alpha value is -2.31. The summed E-state index contributed by atoms with van der Waals surface area (Å²) in [6.45, 7) is 0.343. The Kier molecular flexibility index (Phi) is 2.14. The normalized spacial score (nSPS) is 9.71. The number of ether oxygens (including phenoxy) is 1. The largest absolute Gasteiger partial charge is 0.429 e. The van der Waals surface area contributed by atoms with Crippen LogP contribution in [0.4, 0.5) is 0 Å². The lowest BCUT2D eigenvalue weighted by Gasteiger charge is -1.97. The molecule has 0 unspecified atom stereocenters. The summed E-state index contributed by atoms with van der Waals surface area (Å²) in [5, 5.41) is 13.2. The number of carbonyl (C=O) groups excluding carboxylic acids is 1. The van der Waals surface area contributed by atoms with Gasteiger partial charge in [0, 0.05) is 12.3 Å². The minimum absolute atomic E-state index is 0.343. The molecule has 0 spiro atoms. The summed E-state index contributed by atoms with van der Waals surface area (Å²) in [5.41, 5.74) is 0.484. The zero-order valence-corrected chi connectivity index (χ0v) is 6.91. The summed E-state index contributed by atoms with van der Waals surface area (Å²) in [4.78, 5) is 14.1. The van der Waals surface area contributed by atoms with Gasteiger partial charge in [0.1, 0.15) is 11.4 Å². The molecule has 0 atom stereocenters. The topological polar surface area (TPSA) is 93.6 Å². The molecule has 0 aliphatic carbocycles. The Morgan fingerprint density at radius 1 is 1.50 bits per heavy atom. The molecule has 0 amide bonds. The van der Waals surface area contributed by atoms with E-state index in [2.05, 4.69) is 30.3 Å². The third kappa shape index (κ3) is 1.56.